The standard InChI is InChI=1S/C19H38N2O3/c1-5-6-7-8-9-10-11-12-13-14-15-21(3,4)17-18(22)20(2)16-19(23)24/h5-17H2,1-4H3. The average Bonchev–Trinajstić information content (AvgIpc) is 2.48. The number of carbonyl (C=O) groups is 2. The molecular weight excluding hydrogens is 304 g/mol. The lowest BCUT2D eigenvalue weighted by Gasteiger charge is -2.31. The van der Waals surface area contributed by atoms with Crippen molar-refractivity contribution in [2.45, 2.75) is 71.1 Å². The molecule has 0 aliphatic heterocycles. The third kappa shape index (κ3) is 13.3. The van der Waals surface area contributed by atoms with E-state index in [2.05, 4.69) is 6.92 Å². The van der Waals surface area contributed by atoms with Crippen LogP contribution in [0.25, 0.3) is 0 Å². The maximum atomic E-state index is 12.0. The molecule has 24 heavy (non-hydrogen) atoms. The zero-order chi connectivity index (χ0) is 18.4. The SMILES string of the molecule is CCCCCCCCCCCC[N+](C)(C)CC(=O)N(C)CC(=O)[O-]. The first kappa shape index (κ1) is 22.9. The fourth-order valence-electron chi connectivity index (χ4n) is 2.88. The molecule has 0 bridgehead atoms. The van der Waals surface area contributed by atoms with Crippen molar-refractivity contribution in [3.63, 3.8) is 0 Å². The predicted molar refractivity (Wildman–Crippen MR) is 96.3 cm³/mol. The number of amides is 1. The summed E-state index contributed by atoms with van der Waals surface area (Å²) in [6.45, 7) is 3.19. The number of quaternary nitrogens is 1. The Labute approximate surface area is 148 Å². The fourth-order valence-corrected chi connectivity index (χ4v) is 2.88. The van der Waals surface area contributed by atoms with E-state index in [0.29, 0.717) is 11.0 Å². The Morgan fingerprint density at radius 1 is 0.875 bits per heavy atom. The van der Waals surface area contributed by atoms with Gasteiger partial charge >= 0.3 is 0 Å². The van der Waals surface area contributed by atoms with Crippen molar-refractivity contribution < 1.29 is 19.2 Å². The molecule has 0 fully saturated rings. The van der Waals surface area contributed by atoms with Gasteiger partial charge in [-0.15, -0.1) is 0 Å². The largest absolute Gasteiger partial charge is 0.548 e. The maximum absolute atomic E-state index is 12.0. The van der Waals surface area contributed by atoms with Gasteiger partial charge in [-0.2, -0.15) is 0 Å². The van der Waals surface area contributed by atoms with Gasteiger partial charge < -0.3 is 19.3 Å². The fraction of sp³-hybridized carbons (Fsp3) is 0.895. The molecule has 0 atom stereocenters. The summed E-state index contributed by atoms with van der Waals surface area (Å²) >= 11 is 0. The number of hydrogen-bond acceptors (Lipinski definition) is 3. The normalized spacial score (nSPS) is 11.5. The van der Waals surface area contributed by atoms with E-state index >= 15 is 0 Å². The third-order valence-electron chi connectivity index (χ3n) is 4.47. The van der Waals surface area contributed by atoms with Crippen molar-refractivity contribution in [3.8, 4) is 0 Å². The van der Waals surface area contributed by atoms with Gasteiger partial charge in [-0.25, -0.2) is 0 Å². The second-order valence-corrected chi connectivity index (χ2v) is 7.62. The topological polar surface area (TPSA) is 60.4 Å². The molecule has 5 nitrogen and oxygen atoms in total. The van der Waals surface area contributed by atoms with Crippen LogP contribution in [0.3, 0.4) is 0 Å². The highest BCUT2D eigenvalue weighted by Gasteiger charge is 2.22. The van der Waals surface area contributed by atoms with Gasteiger partial charge in [-0.05, 0) is 12.8 Å². The number of hydrogen-bond donors (Lipinski definition) is 0. The van der Waals surface area contributed by atoms with Crippen LogP contribution >= 0.6 is 0 Å². The number of unbranched alkanes of at least 4 members (excludes halogenated alkanes) is 9. The van der Waals surface area contributed by atoms with Crippen LogP contribution in [-0.2, 0) is 9.59 Å². The van der Waals surface area contributed by atoms with E-state index in [-0.39, 0.29) is 12.5 Å². The Kier molecular flexibility index (Phi) is 12.6. The van der Waals surface area contributed by atoms with E-state index in [0.717, 1.165) is 13.0 Å². The molecule has 0 saturated heterocycles. The van der Waals surface area contributed by atoms with E-state index in [4.69, 9.17) is 0 Å². The molecule has 0 radical (unpaired) electrons. The van der Waals surface area contributed by atoms with Crippen LogP contribution in [0.1, 0.15) is 71.1 Å². The van der Waals surface area contributed by atoms with Gasteiger partial charge in [0.1, 0.15) is 0 Å². The van der Waals surface area contributed by atoms with E-state index in [9.17, 15) is 14.7 Å². The molecule has 0 saturated carbocycles. The molecule has 0 spiro atoms. The van der Waals surface area contributed by atoms with Crippen LogP contribution in [-0.4, -0.2) is 62.0 Å². The maximum Gasteiger partial charge on any atom is 0.277 e. The Bertz CT molecular complexity index is 357. The number of carboxylic acids is 1. The van der Waals surface area contributed by atoms with Crippen molar-refractivity contribution in [2.75, 3.05) is 40.8 Å². The predicted octanol–water partition coefficient (Wildman–Crippen LogP) is 2.19. The molecule has 0 aromatic heterocycles. The van der Waals surface area contributed by atoms with Crippen molar-refractivity contribution in [2.24, 2.45) is 0 Å². The van der Waals surface area contributed by atoms with Gasteiger partial charge in [0.05, 0.1) is 33.2 Å². The van der Waals surface area contributed by atoms with Gasteiger partial charge in [0.25, 0.3) is 5.91 Å². The minimum absolute atomic E-state index is 0.142. The summed E-state index contributed by atoms with van der Waals surface area (Å²) < 4.78 is 0.604. The monoisotopic (exact) mass is 342 g/mol. The van der Waals surface area contributed by atoms with Crippen molar-refractivity contribution in [3.05, 3.63) is 0 Å². The van der Waals surface area contributed by atoms with Gasteiger partial charge in [-0.1, -0.05) is 58.3 Å². The van der Waals surface area contributed by atoms with Crippen LogP contribution < -0.4 is 5.11 Å². The number of carboxylic acid groups (broad SMARTS) is 1. The van der Waals surface area contributed by atoms with Crippen molar-refractivity contribution >= 4 is 11.9 Å². The molecule has 0 aromatic carbocycles. The Morgan fingerprint density at radius 3 is 1.79 bits per heavy atom. The minimum atomic E-state index is -1.22. The highest BCUT2D eigenvalue weighted by atomic mass is 16.4. The summed E-state index contributed by atoms with van der Waals surface area (Å²) in [5.41, 5.74) is 0. The molecular formula is C19H38N2O3. The van der Waals surface area contributed by atoms with Gasteiger partial charge in [0.15, 0.2) is 6.54 Å². The molecule has 0 unspecified atom stereocenters. The zero-order valence-electron chi connectivity index (χ0n) is 16.3. The van der Waals surface area contributed by atoms with Gasteiger partial charge in [-0.3, -0.25) is 4.79 Å². The summed E-state index contributed by atoms with van der Waals surface area (Å²) in [5, 5.41) is 10.5. The minimum Gasteiger partial charge on any atom is -0.548 e. The molecule has 1 amide bonds. The first-order valence-electron chi connectivity index (χ1n) is 9.54. The number of rotatable bonds is 15. The number of aliphatic carboxylic acids is 1. The summed E-state index contributed by atoms with van der Waals surface area (Å²) in [5.74, 6) is -1.36. The Balaban J connectivity index is 3.70. The van der Waals surface area contributed by atoms with E-state index < -0.39 is 5.97 Å². The smallest absolute Gasteiger partial charge is 0.277 e. The second kappa shape index (κ2) is 13.2. The molecule has 0 aromatic rings. The lowest BCUT2D eigenvalue weighted by Crippen LogP contribution is -2.50. The van der Waals surface area contributed by atoms with E-state index in [1.807, 2.05) is 14.1 Å². The van der Waals surface area contributed by atoms with Crippen LogP contribution in [0, 0.1) is 0 Å². The van der Waals surface area contributed by atoms with Crippen LogP contribution in [0.2, 0.25) is 0 Å². The van der Waals surface area contributed by atoms with Gasteiger partial charge in [0.2, 0.25) is 0 Å². The first-order chi connectivity index (χ1) is 11.3. The molecule has 0 aliphatic rings. The molecule has 0 rings (SSSR count). The highest BCUT2D eigenvalue weighted by Crippen LogP contribution is 2.11. The van der Waals surface area contributed by atoms with Crippen LogP contribution in [0.15, 0.2) is 0 Å². The lowest BCUT2D eigenvalue weighted by molar-refractivity contribution is -0.882. The summed E-state index contributed by atoms with van der Waals surface area (Å²) in [4.78, 5) is 23.8. The Morgan fingerprint density at radius 2 is 1.33 bits per heavy atom. The van der Waals surface area contributed by atoms with E-state index in [1.54, 1.807) is 0 Å². The van der Waals surface area contributed by atoms with Gasteiger partial charge in [0, 0.05) is 7.05 Å². The summed E-state index contributed by atoms with van der Waals surface area (Å²) in [7, 11) is 5.57. The van der Waals surface area contributed by atoms with E-state index in [1.165, 1.54) is 69.7 Å². The molecule has 5 heteroatoms. The third-order valence-corrected chi connectivity index (χ3v) is 4.47. The molecule has 0 N–H and O–H groups in total. The highest BCUT2D eigenvalue weighted by molar-refractivity contribution is 5.81. The quantitative estimate of drug-likeness (QED) is 0.338. The number of likely N-dealkylation sites (N-methyl/N-ethyl adjacent to an activating group) is 2. The number of nitrogens with zero attached hydrogens (tertiary/aromatic N) is 2. The zero-order valence-corrected chi connectivity index (χ0v) is 16.3. The van der Waals surface area contributed by atoms with Crippen LogP contribution in [0.5, 0.6) is 0 Å². The van der Waals surface area contributed by atoms with Crippen molar-refractivity contribution in [1.29, 1.82) is 0 Å². The van der Waals surface area contributed by atoms with Crippen molar-refractivity contribution in [1.82, 2.24) is 4.90 Å². The first-order valence-corrected chi connectivity index (χ1v) is 9.54. The molecule has 142 valence electrons. The molecule has 0 aliphatic carbocycles. The average molecular weight is 343 g/mol. The molecule has 0 heterocycles. The second-order valence-electron chi connectivity index (χ2n) is 7.62. The van der Waals surface area contributed by atoms with Crippen LogP contribution in [0.4, 0.5) is 0 Å². The number of carbonyl (C=O) groups excluding carboxylic acids is 2. The Hall–Kier alpha value is -1.10. The summed E-state index contributed by atoms with van der Waals surface area (Å²) in [6.07, 6.45) is 13.0. The lowest BCUT2D eigenvalue weighted by atomic mass is 10.1. The summed E-state index contributed by atoms with van der Waals surface area (Å²) in [6, 6.07) is 0.